The van der Waals surface area contributed by atoms with Crippen molar-refractivity contribution < 1.29 is 9.47 Å². The van der Waals surface area contributed by atoms with Crippen molar-refractivity contribution in [3.63, 3.8) is 0 Å². The Morgan fingerprint density at radius 3 is 2.62 bits per heavy atom. The monoisotopic (exact) mass is 336 g/mol. The summed E-state index contributed by atoms with van der Waals surface area (Å²) in [5.74, 6) is 1.64. The number of rotatable bonds is 9. The van der Waals surface area contributed by atoms with Gasteiger partial charge in [-0.1, -0.05) is 12.1 Å². The molecule has 136 valence electrons. The van der Waals surface area contributed by atoms with E-state index in [-0.39, 0.29) is 5.60 Å². The second-order valence-corrected chi connectivity index (χ2v) is 6.54. The summed E-state index contributed by atoms with van der Waals surface area (Å²) in [6.45, 7) is 6.99. The fourth-order valence-corrected chi connectivity index (χ4v) is 1.87. The van der Waals surface area contributed by atoms with E-state index in [1.807, 2.05) is 40.1 Å². The zero-order valence-corrected chi connectivity index (χ0v) is 15.8. The van der Waals surface area contributed by atoms with E-state index >= 15 is 0 Å². The summed E-state index contributed by atoms with van der Waals surface area (Å²) in [5, 5.41) is 6.57. The number of likely N-dealkylation sites (N-methyl/N-ethyl adjacent to an activating group) is 1. The van der Waals surface area contributed by atoms with Crippen LogP contribution in [0.25, 0.3) is 0 Å². The first-order chi connectivity index (χ1) is 11.4. The molecular formula is C18H32N4O2. The first-order valence-corrected chi connectivity index (χ1v) is 8.22. The number of aliphatic imine (C=N–C) groups is 1. The molecule has 0 aliphatic carbocycles. The van der Waals surface area contributed by atoms with E-state index < -0.39 is 0 Å². The van der Waals surface area contributed by atoms with Gasteiger partial charge in [0.25, 0.3) is 0 Å². The lowest BCUT2D eigenvalue weighted by Gasteiger charge is -2.24. The molecule has 0 aromatic heterocycles. The number of nitrogens with zero attached hydrogens (tertiary/aromatic N) is 2. The lowest BCUT2D eigenvalue weighted by molar-refractivity contribution is 0.0268. The summed E-state index contributed by atoms with van der Waals surface area (Å²) in [7, 11) is 7.54. The van der Waals surface area contributed by atoms with Crippen molar-refractivity contribution in [2.75, 3.05) is 47.9 Å². The normalized spacial score (nSPS) is 12.4. The van der Waals surface area contributed by atoms with Crippen LogP contribution in [-0.2, 0) is 11.3 Å². The Morgan fingerprint density at radius 2 is 2.00 bits per heavy atom. The van der Waals surface area contributed by atoms with Gasteiger partial charge in [0.1, 0.15) is 12.4 Å². The highest BCUT2D eigenvalue weighted by Gasteiger charge is 2.16. The van der Waals surface area contributed by atoms with Crippen LogP contribution in [0.3, 0.4) is 0 Å². The van der Waals surface area contributed by atoms with E-state index in [1.165, 1.54) is 0 Å². The van der Waals surface area contributed by atoms with Crippen LogP contribution in [0, 0.1) is 0 Å². The topological polar surface area (TPSA) is 58.1 Å². The summed E-state index contributed by atoms with van der Waals surface area (Å²) in [4.78, 5) is 6.33. The Kier molecular flexibility index (Phi) is 8.57. The molecule has 6 heteroatoms. The highest BCUT2D eigenvalue weighted by atomic mass is 16.5. The fraction of sp³-hybridized carbons (Fsp3) is 0.611. The van der Waals surface area contributed by atoms with E-state index in [0.29, 0.717) is 19.7 Å². The Labute approximate surface area is 146 Å². The Hall–Kier alpha value is -1.79. The first-order valence-electron chi connectivity index (χ1n) is 8.22. The van der Waals surface area contributed by atoms with Crippen LogP contribution in [0.15, 0.2) is 29.3 Å². The molecule has 0 unspecified atom stereocenters. The Bertz CT molecular complexity index is 515. The molecular weight excluding hydrogens is 304 g/mol. The molecule has 0 aliphatic rings. The first kappa shape index (κ1) is 20.3. The van der Waals surface area contributed by atoms with Gasteiger partial charge < -0.3 is 25.0 Å². The van der Waals surface area contributed by atoms with Crippen LogP contribution in [0.1, 0.15) is 19.4 Å². The van der Waals surface area contributed by atoms with Gasteiger partial charge in [0.15, 0.2) is 5.96 Å². The molecule has 0 saturated carbocycles. The third-order valence-corrected chi connectivity index (χ3v) is 3.62. The van der Waals surface area contributed by atoms with Gasteiger partial charge in [-0.05, 0) is 45.6 Å². The molecule has 1 aromatic carbocycles. The minimum absolute atomic E-state index is 0.238. The Balaban J connectivity index is 2.47. The van der Waals surface area contributed by atoms with Gasteiger partial charge >= 0.3 is 0 Å². The molecule has 1 rings (SSSR count). The molecule has 0 radical (unpaired) electrons. The summed E-state index contributed by atoms with van der Waals surface area (Å²) in [6.07, 6.45) is 0. The van der Waals surface area contributed by atoms with Gasteiger partial charge in [-0.25, -0.2) is 0 Å². The molecule has 0 aliphatic heterocycles. The van der Waals surface area contributed by atoms with E-state index in [9.17, 15) is 0 Å². The predicted octanol–water partition coefficient (Wildman–Crippen LogP) is 1.72. The minimum atomic E-state index is -0.238. The van der Waals surface area contributed by atoms with E-state index in [4.69, 9.17) is 9.47 Å². The number of ether oxygens (including phenoxy) is 2. The zero-order chi connectivity index (χ0) is 18.0. The summed E-state index contributed by atoms with van der Waals surface area (Å²) in [6, 6.07) is 8.10. The number of methoxy groups -OCH3 is 1. The number of guanidine groups is 1. The van der Waals surface area contributed by atoms with E-state index in [0.717, 1.165) is 23.8 Å². The Morgan fingerprint density at radius 1 is 1.25 bits per heavy atom. The standard InChI is InChI=1S/C18H32N4O2/c1-18(2,23-6)14-21-17(19-3)20-13-15-8-7-9-16(12-15)24-11-10-22(4)5/h7-9,12H,10-11,13-14H2,1-6H3,(H2,19,20,21). The van der Waals surface area contributed by atoms with Crippen molar-refractivity contribution in [3.8, 4) is 5.75 Å². The molecule has 6 nitrogen and oxygen atoms in total. The smallest absolute Gasteiger partial charge is 0.191 e. The van der Waals surface area contributed by atoms with E-state index in [1.54, 1.807) is 14.2 Å². The van der Waals surface area contributed by atoms with Gasteiger partial charge in [0.05, 0.1) is 5.60 Å². The third-order valence-electron chi connectivity index (χ3n) is 3.62. The van der Waals surface area contributed by atoms with Gasteiger partial charge in [0.2, 0.25) is 0 Å². The lowest BCUT2D eigenvalue weighted by Crippen LogP contribution is -2.45. The number of benzene rings is 1. The highest BCUT2D eigenvalue weighted by molar-refractivity contribution is 5.79. The molecule has 0 heterocycles. The van der Waals surface area contributed by atoms with Crippen LogP contribution in [0.4, 0.5) is 0 Å². The largest absolute Gasteiger partial charge is 0.492 e. The lowest BCUT2D eigenvalue weighted by atomic mass is 10.1. The molecule has 0 bridgehead atoms. The molecule has 0 saturated heterocycles. The SMILES string of the molecule is CN=C(NCc1cccc(OCCN(C)C)c1)NCC(C)(C)OC. The summed E-state index contributed by atoms with van der Waals surface area (Å²) >= 11 is 0. The predicted molar refractivity (Wildman–Crippen MR) is 99.8 cm³/mol. The van der Waals surface area contributed by atoms with Crippen molar-refractivity contribution in [1.82, 2.24) is 15.5 Å². The molecule has 0 atom stereocenters. The average Bonchev–Trinajstić information content (AvgIpc) is 2.55. The van der Waals surface area contributed by atoms with Crippen LogP contribution < -0.4 is 15.4 Å². The molecule has 1 aromatic rings. The van der Waals surface area contributed by atoms with Gasteiger partial charge in [0, 0.05) is 33.8 Å². The van der Waals surface area contributed by atoms with Crippen molar-refractivity contribution in [2.45, 2.75) is 26.0 Å². The van der Waals surface area contributed by atoms with Gasteiger partial charge in [-0.15, -0.1) is 0 Å². The summed E-state index contributed by atoms with van der Waals surface area (Å²) in [5.41, 5.74) is 0.906. The van der Waals surface area contributed by atoms with Gasteiger partial charge in [-0.2, -0.15) is 0 Å². The highest BCUT2D eigenvalue weighted by Crippen LogP contribution is 2.13. The maximum atomic E-state index is 5.77. The number of hydrogen-bond acceptors (Lipinski definition) is 4. The third kappa shape index (κ3) is 8.17. The van der Waals surface area contributed by atoms with E-state index in [2.05, 4.69) is 32.7 Å². The van der Waals surface area contributed by atoms with Gasteiger partial charge in [-0.3, -0.25) is 4.99 Å². The minimum Gasteiger partial charge on any atom is -0.492 e. The summed E-state index contributed by atoms with van der Waals surface area (Å²) < 4.78 is 11.2. The molecule has 0 fully saturated rings. The van der Waals surface area contributed by atoms with Crippen molar-refractivity contribution in [3.05, 3.63) is 29.8 Å². The van der Waals surface area contributed by atoms with Crippen molar-refractivity contribution in [1.29, 1.82) is 0 Å². The van der Waals surface area contributed by atoms with Crippen LogP contribution in [0.2, 0.25) is 0 Å². The second kappa shape index (κ2) is 10.2. The number of nitrogens with one attached hydrogen (secondary N) is 2. The maximum absolute atomic E-state index is 5.77. The van der Waals surface area contributed by atoms with Crippen molar-refractivity contribution >= 4 is 5.96 Å². The van der Waals surface area contributed by atoms with Crippen LogP contribution in [-0.4, -0.2) is 64.4 Å². The average molecular weight is 336 g/mol. The molecule has 24 heavy (non-hydrogen) atoms. The maximum Gasteiger partial charge on any atom is 0.191 e. The van der Waals surface area contributed by atoms with Crippen LogP contribution >= 0.6 is 0 Å². The van der Waals surface area contributed by atoms with Crippen LogP contribution in [0.5, 0.6) is 5.75 Å². The molecule has 0 spiro atoms. The molecule has 0 amide bonds. The fourth-order valence-electron chi connectivity index (χ4n) is 1.87. The van der Waals surface area contributed by atoms with Crippen molar-refractivity contribution in [2.24, 2.45) is 4.99 Å². The quantitative estimate of drug-likeness (QED) is 0.531. The molecule has 2 N–H and O–H groups in total. The second-order valence-electron chi connectivity index (χ2n) is 6.54. The number of hydrogen-bond donors (Lipinski definition) is 2. The zero-order valence-electron chi connectivity index (χ0n) is 15.8.